The molecule has 25 heavy (non-hydrogen) atoms. The molecule has 1 saturated heterocycles. The minimum Gasteiger partial charge on any atom is -0.383 e. The number of amides is 2. The molecule has 0 unspecified atom stereocenters. The molecule has 1 aliphatic rings. The molecule has 1 N–H and O–H groups in total. The highest BCUT2D eigenvalue weighted by molar-refractivity contribution is 7.07. The molecule has 1 fully saturated rings. The van der Waals surface area contributed by atoms with E-state index in [1.807, 2.05) is 0 Å². The average molecular weight is 363 g/mol. The summed E-state index contributed by atoms with van der Waals surface area (Å²) in [6.45, 7) is 1.86. The van der Waals surface area contributed by atoms with Gasteiger partial charge in [-0.3, -0.25) is 14.3 Å². The number of aromatic nitrogens is 3. The summed E-state index contributed by atoms with van der Waals surface area (Å²) in [6, 6.07) is 1.80. The number of hydrogen-bond acceptors (Lipinski definition) is 6. The minimum absolute atomic E-state index is 0.0879. The van der Waals surface area contributed by atoms with E-state index in [-0.39, 0.29) is 11.8 Å². The lowest BCUT2D eigenvalue weighted by molar-refractivity contribution is -0.133. The Bertz CT molecular complexity index is 693. The van der Waals surface area contributed by atoms with Crippen molar-refractivity contribution < 1.29 is 14.3 Å². The monoisotopic (exact) mass is 363 g/mol. The van der Waals surface area contributed by atoms with Crippen LogP contribution < -0.4 is 5.32 Å². The summed E-state index contributed by atoms with van der Waals surface area (Å²) in [5.74, 6) is -0.177. The average Bonchev–Trinajstić information content (AvgIpc) is 3.35. The van der Waals surface area contributed by atoms with Crippen molar-refractivity contribution in [3.05, 3.63) is 35.0 Å². The van der Waals surface area contributed by atoms with Gasteiger partial charge in [-0.15, -0.1) is 11.3 Å². The Morgan fingerprint density at radius 1 is 1.40 bits per heavy atom. The normalized spacial score (nSPS) is 16.6. The van der Waals surface area contributed by atoms with Crippen LogP contribution in [-0.4, -0.2) is 64.8 Å². The standard InChI is InChI=1S/C16H21N5O3S/c1-24-10-6-17-15(23)16(21-7-2-5-19-21)3-8-20(9-4-16)14(22)13-11-25-12-18-13/h2,5,7,11-12H,3-4,6,8-10H2,1H3,(H,17,23). The van der Waals surface area contributed by atoms with E-state index in [9.17, 15) is 9.59 Å². The smallest absolute Gasteiger partial charge is 0.273 e. The highest BCUT2D eigenvalue weighted by Crippen LogP contribution is 2.30. The van der Waals surface area contributed by atoms with Crippen LogP contribution in [0.4, 0.5) is 0 Å². The van der Waals surface area contributed by atoms with E-state index in [2.05, 4.69) is 15.4 Å². The van der Waals surface area contributed by atoms with Crippen molar-refractivity contribution in [2.45, 2.75) is 18.4 Å². The highest BCUT2D eigenvalue weighted by atomic mass is 32.1. The third kappa shape index (κ3) is 3.57. The number of hydrogen-bond donors (Lipinski definition) is 1. The first kappa shape index (κ1) is 17.6. The summed E-state index contributed by atoms with van der Waals surface area (Å²) in [5, 5.41) is 8.95. The number of carbonyl (C=O) groups is 2. The number of nitrogens with zero attached hydrogens (tertiary/aromatic N) is 4. The topological polar surface area (TPSA) is 89.4 Å². The molecular formula is C16H21N5O3S. The molecule has 2 amide bonds. The maximum absolute atomic E-state index is 12.9. The second-order valence-corrected chi connectivity index (χ2v) is 6.62. The Morgan fingerprint density at radius 2 is 2.20 bits per heavy atom. The lowest BCUT2D eigenvalue weighted by Gasteiger charge is -2.40. The predicted octanol–water partition coefficient (Wildman–Crippen LogP) is 0.734. The number of methoxy groups -OCH3 is 1. The third-order valence-electron chi connectivity index (χ3n) is 4.49. The van der Waals surface area contributed by atoms with Crippen LogP contribution >= 0.6 is 11.3 Å². The Hall–Kier alpha value is -2.26. The fraction of sp³-hybridized carbons (Fsp3) is 0.500. The molecule has 0 spiro atoms. The Kier molecular flexibility index (Phi) is 5.44. The van der Waals surface area contributed by atoms with E-state index in [1.165, 1.54) is 11.3 Å². The van der Waals surface area contributed by atoms with Crippen molar-refractivity contribution in [2.24, 2.45) is 0 Å². The van der Waals surface area contributed by atoms with Crippen molar-refractivity contribution >= 4 is 23.2 Å². The van der Waals surface area contributed by atoms with Gasteiger partial charge < -0.3 is 15.0 Å². The summed E-state index contributed by atoms with van der Waals surface area (Å²) in [6.07, 6.45) is 4.47. The second kappa shape index (κ2) is 7.75. The first-order valence-corrected chi connectivity index (χ1v) is 9.06. The van der Waals surface area contributed by atoms with E-state index in [0.717, 1.165) is 0 Å². The molecule has 3 rings (SSSR count). The Balaban J connectivity index is 1.73. The van der Waals surface area contributed by atoms with Crippen LogP contribution in [-0.2, 0) is 15.1 Å². The van der Waals surface area contributed by atoms with Crippen LogP contribution in [0.5, 0.6) is 0 Å². The maximum atomic E-state index is 12.9. The van der Waals surface area contributed by atoms with Crippen molar-refractivity contribution in [2.75, 3.05) is 33.4 Å². The minimum atomic E-state index is -0.782. The van der Waals surface area contributed by atoms with E-state index >= 15 is 0 Å². The maximum Gasteiger partial charge on any atom is 0.273 e. The second-order valence-electron chi connectivity index (χ2n) is 5.90. The fourth-order valence-electron chi connectivity index (χ4n) is 3.07. The van der Waals surface area contributed by atoms with Crippen molar-refractivity contribution in [3.63, 3.8) is 0 Å². The lowest BCUT2D eigenvalue weighted by atomic mass is 9.86. The van der Waals surface area contributed by atoms with Gasteiger partial charge in [-0.1, -0.05) is 0 Å². The zero-order valence-electron chi connectivity index (χ0n) is 14.1. The fourth-order valence-corrected chi connectivity index (χ4v) is 3.60. The van der Waals surface area contributed by atoms with Crippen LogP contribution in [0.15, 0.2) is 29.4 Å². The van der Waals surface area contributed by atoms with Crippen LogP contribution in [0, 0.1) is 0 Å². The summed E-state index contributed by atoms with van der Waals surface area (Å²) < 4.78 is 6.71. The molecule has 8 nitrogen and oxygen atoms in total. The van der Waals surface area contributed by atoms with Crippen molar-refractivity contribution in [1.82, 2.24) is 25.0 Å². The molecule has 3 heterocycles. The summed E-state index contributed by atoms with van der Waals surface area (Å²) in [4.78, 5) is 31.2. The van der Waals surface area contributed by atoms with Crippen LogP contribution in [0.3, 0.4) is 0 Å². The molecular weight excluding hydrogens is 342 g/mol. The number of piperidine rings is 1. The van der Waals surface area contributed by atoms with Gasteiger partial charge in [0.15, 0.2) is 0 Å². The van der Waals surface area contributed by atoms with Gasteiger partial charge in [-0.05, 0) is 18.9 Å². The number of nitrogens with one attached hydrogen (secondary N) is 1. The number of ether oxygens (including phenoxy) is 1. The largest absolute Gasteiger partial charge is 0.383 e. The van der Waals surface area contributed by atoms with Crippen molar-refractivity contribution in [1.29, 1.82) is 0 Å². The van der Waals surface area contributed by atoms with E-state index in [0.29, 0.717) is 44.8 Å². The van der Waals surface area contributed by atoms with Crippen molar-refractivity contribution in [3.8, 4) is 0 Å². The van der Waals surface area contributed by atoms with Gasteiger partial charge in [0.25, 0.3) is 5.91 Å². The molecule has 9 heteroatoms. The molecule has 0 saturated carbocycles. The quantitative estimate of drug-likeness (QED) is 0.765. The van der Waals surface area contributed by atoms with Gasteiger partial charge >= 0.3 is 0 Å². The first-order chi connectivity index (χ1) is 12.2. The zero-order chi connectivity index (χ0) is 17.7. The molecule has 0 aliphatic carbocycles. The van der Waals surface area contributed by atoms with Crippen LogP contribution in [0.1, 0.15) is 23.3 Å². The zero-order valence-corrected chi connectivity index (χ0v) is 14.9. The molecule has 1 aliphatic heterocycles. The van der Waals surface area contributed by atoms with Gasteiger partial charge in [-0.2, -0.15) is 5.10 Å². The third-order valence-corrected chi connectivity index (χ3v) is 5.07. The number of carbonyl (C=O) groups excluding carboxylic acids is 2. The molecule has 0 atom stereocenters. The lowest BCUT2D eigenvalue weighted by Crippen LogP contribution is -2.56. The first-order valence-electron chi connectivity index (χ1n) is 8.12. The van der Waals surface area contributed by atoms with E-state index < -0.39 is 5.54 Å². The van der Waals surface area contributed by atoms with Gasteiger partial charge in [-0.25, -0.2) is 4.98 Å². The van der Waals surface area contributed by atoms with Crippen LogP contribution in [0.25, 0.3) is 0 Å². The van der Waals surface area contributed by atoms with Gasteiger partial charge in [0.2, 0.25) is 5.91 Å². The SMILES string of the molecule is COCCNC(=O)C1(n2cccn2)CCN(C(=O)c2cscn2)CC1. The Labute approximate surface area is 149 Å². The molecule has 134 valence electrons. The Morgan fingerprint density at radius 3 is 2.80 bits per heavy atom. The highest BCUT2D eigenvalue weighted by Gasteiger charge is 2.44. The number of thiazole rings is 1. The van der Waals surface area contributed by atoms with E-state index in [4.69, 9.17) is 4.74 Å². The predicted molar refractivity (Wildman–Crippen MR) is 92.3 cm³/mol. The summed E-state index contributed by atoms with van der Waals surface area (Å²) in [5.41, 5.74) is 1.33. The molecule has 2 aromatic rings. The number of likely N-dealkylation sites (tertiary alicyclic amines) is 1. The molecule has 0 aromatic carbocycles. The summed E-state index contributed by atoms with van der Waals surface area (Å²) in [7, 11) is 1.60. The molecule has 0 bridgehead atoms. The van der Waals surface area contributed by atoms with Gasteiger partial charge in [0.1, 0.15) is 11.2 Å². The summed E-state index contributed by atoms with van der Waals surface area (Å²) >= 11 is 1.40. The molecule has 2 aromatic heterocycles. The number of rotatable bonds is 6. The van der Waals surface area contributed by atoms with E-state index in [1.54, 1.807) is 46.0 Å². The van der Waals surface area contributed by atoms with Crippen LogP contribution in [0.2, 0.25) is 0 Å². The molecule has 0 radical (unpaired) electrons. The van der Waals surface area contributed by atoms with Gasteiger partial charge in [0, 0.05) is 44.5 Å². The van der Waals surface area contributed by atoms with Gasteiger partial charge in [0.05, 0.1) is 12.1 Å².